The van der Waals surface area contributed by atoms with Gasteiger partial charge in [0.15, 0.2) is 11.5 Å². The molecular formula is C26H35N3O4. The van der Waals surface area contributed by atoms with Crippen LogP contribution in [0.25, 0.3) is 0 Å². The summed E-state index contributed by atoms with van der Waals surface area (Å²) in [6.07, 6.45) is 2.83. The van der Waals surface area contributed by atoms with E-state index >= 15 is 0 Å². The minimum Gasteiger partial charge on any atom is -0.493 e. The number of methoxy groups -OCH3 is 2. The SMILES string of the molecule is CNC(=O)NC(C)Cc1cc(OC)c(OC)cc1C(=N)c1ccc(C2(C)CCC(O)C2)cc1. The molecule has 2 aromatic carbocycles. The van der Waals surface area contributed by atoms with Crippen LogP contribution < -0.4 is 20.1 Å². The lowest BCUT2D eigenvalue weighted by molar-refractivity contribution is 0.175. The Morgan fingerprint density at radius 1 is 1.21 bits per heavy atom. The molecule has 0 aliphatic heterocycles. The molecule has 0 saturated heterocycles. The number of ether oxygens (including phenoxy) is 2. The first kappa shape index (κ1) is 24.6. The monoisotopic (exact) mass is 453 g/mol. The van der Waals surface area contributed by atoms with Crippen LogP contribution in [0.15, 0.2) is 36.4 Å². The Kier molecular flexibility index (Phi) is 7.64. The number of carbonyl (C=O) groups is 1. The van der Waals surface area contributed by atoms with E-state index in [1.807, 2.05) is 31.2 Å². The van der Waals surface area contributed by atoms with Crippen LogP contribution in [0.3, 0.4) is 0 Å². The lowest BCUT2D eigenvalue weighted by Gasteiger charge is -2.25. The lowest BCUT2D eigenvalue weighted by atomic mass is 9.80. The van der Waals surface area contributed by atoms with Gasteiger partial charge in [-0.15, -0.1) is 0 Å². The first-order chi connectivity index (χ1) is 15.7. The molecular weight excluding hydrogens is 418 g/mol. The number of amides is 2. The topological polar surface area (TPSA) is 104 Å². The fraction of sp³-hybridized carbons (Fsp3) is 0.462. The van der Waals surface area contributed by atoms with E-state index in [4.69, 9.17) is 14.9 Å². The number of carbonyl (C=O) groups excluding carboxylic acids is 1. The number of nitrogens with one attached hydrogen (secondary N) is 3. The highest BCUT2D eigenvalue weighted by atomic mass is 16.5. The summed E-state index contributed by atoms with van der Waals surface area (Å²) in [7, 11) is 4.74. The van der Waals surface area contributed by atoms with Crippen molar-refractivity contribution in [3.8, 4) is 11.5 Å². The van der Waals surface area contributed by atoms with Gasteiger partial charge in [-0.3, -0.25) is 5.41 Å². The van der Waals surface area contributed by atoms with Crippen LogP contribution in [-0.4, -0.2) is 50.3 Å². The number of aliphatic hydroxyl groups excluding tert-OH is 1. The Labute approximate surface area is 196 Å². The molecule has 4 N–H and O–H groups in total. The third-order valence-electron chi connectivity index (χ3n) is 6.60. The molecule has 7 heteroatoms. The molecule has 1 aliphatic rings. The highest BCUT2D eigenvalue weighted by molar-refractivity contribution is 6.12. The molecule has 0 bridgehead atoms. The van der Waals surface area contributed by atoms with Gasteiger partial charge in [0.25, 0.3) is 0 Å². The van der Waals surface area contributed by atoms with Gasteiger partial charge in [-0.2, -0.15) is 0 Å². The van der Waals surface area contributed by atoms with Gasteiger partial charge in [0.05, 0.1) is 26.0 Å². The average Bonchev–Trinajstić information content (AvgIpc) is 3.17. The molecule has 2 amide bonds. The smallest absolute Gasteiger partial charge is 0.314 e. The van der Waals surface area contributed by atoms with E-state index in [9.17, 15) is 9.90 Å². The molecule has 33 heavy (non-hydrogen) atoms. The van der Waals surface area contributed by atoms with Crippen molar-refractivity contribution < 1.29 is 19.4 Å². The van der Waals surface area contributed by atoms with Crippen LogP contribution in [-0.2, 0) is 11.8 Å². The van der Waals surface area contributed by atoms with Crippen LogP contribution in [0.4, 0.5) is 4.79 Å². The molecule has 7 nitrogen and oxygen atoms in total. The molecule has 0 aromatic heterocycles. The molecule has 0 spiro atoms. The van der Waals surface area contributed by atoms with E-state index < -0.39 is 0 Å². The maximum absolute atomic E-state index is 11.7. The standard InChI is InChI=1S/C26H35N3O4/c1-16(29-25(31)28-3)12-18-13-22(32-4)23(33-5)14-21(18)24(27)17-6-8-19(9-7-17)26(2)11-10-20(30)15-26/h6-9,13-14,16,20,27,30H,10-12,15H2,1-5H3,(H2,28,29,31). The minimum absolute atomic E-state index is 0.0322. The summed E-state index contributed by atoms with van der Waals surface area (Å²) in [5.41, 5.74) is 3.94. The zero-order valence-corrected chi connectivity index (χ0v) is 20.1. The third-order valence-corrected chi connectivity index (χ3v) is 6.60. The minimum atomic E-state index is -0.249. The van der Waals surface area contributed by atoms with Gasteiger partial charge in [0.2, 0.25) is 0 Å². The predicted molar refractivity (Wildman–Crippen MR) is 130 cm³/mol. The number of aliphatic hydroxyl groups is 1. The van der Waals surface area contributed by atoms with Crippen LogP contribution in [0.2, 0.25) is 0 Å². The molecule has 2 aromatic rings. The summed E-state index contributed by atoms with van der Waals surface area (Å²) in [5.74, 6) is 1.14. The van der Waals surface area contributed by atoms with Crippen molar-refractivity contribution in [2.75, 3.05) is 21.3 Å². The van der Waals surface area contributed by atoms with Crippen molar-refractivity contribution >= 4 is 11.7 Å². The number of benzene rings is 2. The van der Waals surface area contributed by atoms with Crippen molar-refractivity contribution in [2.45, 2.75) is 57.1 Å². The van der Waals surface area contributed by atoms with Crippen LogP contribution in [0, 0.1) is 5.41 Å². The fourth-order valence-electron chi connectivity index (χ4n) is 4.67. The Morgan fingerprint density at radius 2 is 1.85 bits per heavy atom. The number of urea groups is 1. The van der Waals surface area contributed by atoms with Gasteiger partial charge in [0.1, 0.15) is 0 Å². The Morgan fingerprint density at radius 3 is 2.39 bits per heavy atom. The van der Waals surface area contributed by atoms with E-state index in [0.717, 1.165) is 36.0 Å². The second-order valence-electron chi connectivity index (χ2n) is 9.10. The lowest BCUT2D eigenvalue weighted by Crippen LogP contribution is -2.40. The highest BCUT2D eigenvalue weighted by Crippen LogP contribution is 2.41. The zero-order chi connectivity index (χ0) is 24.2. The van der Waals surface area contributed by atoms with Crippen LogP contribution in [0.5, 0.6) is 11.5 Å². The Hall–Kier alpha value is -3.06. The zero-order valence-electron chi connectivity index (χ0n) is 20.1. The number of rotatable bonds is 8. The van der Waals surface area contributed by atoms with Crippen molar-refractivity contribution in [1.29, 1.82) is 5.41 Å². The maximum atomic E-state index is 11.7. The third kappa shape index (κ3) is 5.47. The van der Waals surface area contributed by atoms with Gasteiger partial charge in [-0.1, -0.05) is 31.2 Å². The quantitative estimate of drug-likeness (QED) is 0.457. The summed E-state index contributed by atoms with van der Waals surface area (Å²) in [4.78, 5) is 11.7. The number of hydrogen-bond donors (Lipinski definition) is 4. The summed E-state index contributed by atoms with van der Waals surface area (Å²) in [5, 5.41) is 24.4. The Bertz CT molecular complexity index is 1010. The van der Waals surface area contributed by atoms with E-state index in [1.165, 1.54) is 5.56 Å². The second kappa shape index (κ2) is 10.3. The maximum Gasteiger partial charge on any atom is 0.314 e. The highest BCUT2D eigenvalue weighted by Gasteiger charge is 2.35. The molecule has 3 rings (SSSR count). The molecule has 178 valence electrons. The first-order valence-electron chi connectivity index (χ1n) is 11.3. The molecule has 0 radical (unpaired) electrons. The summed E-state index contributed by atoms with van der Waals surface area (Å²) in [6, 6.07) is 11.4. The molecule has 1 aliphatic carbocycles. The van der Waals surface area contributed by atoms with Crippen molar-refractivity contribution in [3.63, 3.8) is 0 Å². The summed E-state index contributed by atoms with van der Waals surface area (Å²) >= 11 is 0. The molecule has 3 atom stereocenters. The average molecular weight is 454 g/mol. The van der Waals surface area contributed by atoms with Gasteiger partial charge in [0, 0.05) is 24.2 Å². The molecule has 1 fully saturated rings. The van der Waals surface area contributed by atoms with E-state index in [1.54, 1.807) is 21.3 Å². The van der Waals surface area contributed by atoms with Crippen molar-refractivity contribution in [1.82, 2.24) is 10.6 Å². The first-order valence-corrected chi connectivity index (χ1v) is 11.3. The van der Waals surface area contributed by atoms with Gasteiger partial charge in [-0.05, 0) is 61.3 Å². The van der Waals surface area contributed by atoms with Crippen molar-refractivity contribution in [2.24, 2.45) is 0 Å². The number of hydrogen-bond acceptors (Lipinski definition) is 5. The summed E-state index contributed by atoms with van der Waals surface area (Å²) < 4.78 is 11.0. The molecule has 3 unspecified atom stereocenters. The van der Waals surface area contributed by atoms with E-state index in [-0.39, 0.29) is 23.6 Å². The van der Waals surface area contributed by atoms with E-state index in [0.29, 0.717) is 23.6 Å². The Balaban J connectivity index is 1.92. The largest absolute Gasteiger partial charge is 0.493 e. The summed E-state index contributed by atoms with van der Waals surface area (Å²) in [6.45, 7) is 4.11. The van der Waals surface area contributed by atoms with Crippen molar-refractivity contribution in [3.05, 3.63) is 58.7 Å². The van der Waals surface area contributed by atoms with Gasteiger partial charge < -0.3 is 25.2 Å². The molecule has 1 saturated carbocycles. The van der Waals surface area contributed by atoms with Gasteiger partial charge >= 0.3 is 6.03 Å². The second-order valence-corrected chi connectivity index (χ2v) is 9.10. The fourth-order valence-corrected chi connectivity index (χ4v) is 4.67. The van der Waals surface area contributed by atoms with Gasteiger partial charge in [-0.25, -0.2) is 4.79 Å². The van der Waals surface area contributed by atoms with Crippen LogP contribution >= 0.6 is 0 Å². The predicted octanol–water partition coefficient (Wildman–Crippen LogP) is 3.78. The van der Waals surface area contributed by atoms with Crippen LogP contribution in [0.1, 0.15) is 55.4 Å². The molecule has 0 heterocycles. The van der Waals surface area contributed by atoms with E-state index in [2.05, 4.69) is 29.7 Å². The normalized spacial score (nSPS) is 20.7.